The first-order chi connectivity index (χ1) is 10.8. The number of benzene rings is 1. The Kier molecular flexibility index (Phi) is 6.81. The number of carboxylic acid groups (broad SMARTS) is 1. The molecule has 0 fully saturated rings. The highest BCUT2D eigenvalue weighted by atomic mass is 35.5. The lowest BCUT2D eigenvalue weighted by molar-refractivity contribution is -0.137. The van der Waals surface area contributed by atoms with Gasteiger partial charge in [0.2, 0.25) is 11.8 Å². The van der Waals surface area contributed by atoms with E-state index in [4.69, 9.17) is 16.7 Å². The van der Waals surface area contributed by atoms with Crippen molar-refractivity contribution in [2.24, 2.45) is 0 Å². The molecular formula is C13H14ClN3O6. The molecule has 0 saturated heterocycles. The van der Waals surface area contributed by atoms with Gasteiger partial charge in [0, 0.05) is 5.56 Å². The first kappa shape index (κ1) is 18.2. The zero-order chi connectivity index (χ0) is 17.4. The predicted octanol–water partition coefficient (Wildman–Crippen LogP) is -0.908. The number of phenols is 1. The highest BCUT2D eigenvalue weighted by Crippen LogP contribution is 2.23. The number of rotatable bonds is 7. The normalized spacial score (nSPS) is 9.78. The van der Waals surface area contributed by atoms with E-state index in [1.807, 2.05) is 0 Å². The Morgan fingerprint density at radius 1 is 0.957 bits per heavy atom. The fourth-order valence-corrected chi connectivity index (χ4v) is 1.57. The lowest BCUT2D eigenvalue weighted by Crippen LogP contribution is -2.42. The van der Waals surface area contributed by atoms with Gasteiger partial charge in [-0.2, -0.15) is 0 Å². The average molecular weight is 344 g/mol. The van der Waals surface area contributed by atoms with Crippen LogP contribution < -0.4 is 16.0 Å². The van der Waals surface area contributed by atoms with Gasteiger partial charge in [-0.3, -0.25) is 19.2 Å². The van der Waals surface area contributed by atoms with Crippen LogP contribution in [0.1, 0.15) is 10.4 Å². The van der Waals surface area contributed by atoms with E-state index in [9.17, 15) is 24.3 Å². The Morgan fingerprint density at radius 3 is 2.09 bits per heavy atom. The number of nitrogens with one attached hydrogen (secondary N) is 3. The number of phenolic OH excluding ortho intramolecular Hbond substituents is 1. The van der Waals surface area contributed by atoms with Crippen LogP contribution in [0.25, 0.3) is 0 Å². The van der Waals surface area contributed by atoms with Crippen LogP contribution in [0, 0.1) is 0 Å². The van der Waals surface area contributed by atoms with Crippen LogP contribution in [0.3, 0.4) is 0 Å². The number of hydrogen-bond acceptors (Lipinski definition) is 5. The summed E-state index contributed by atoms with van der Waals surface area (Å²) in [6.45, 7) is -1.34. The fraction of sp³-hybridized carbons (Fsp3) is 0.231. The SMILES string of the molecule is O=C(O)CNC(=O)CNC(=O)CNC(=O)c1ccc(O)c(Cl)c1. The molecule has 0 aliphatic carbocycles. The number of aliphatic carboxylic acids is 1. The third kappa shape index (κ3) is 6.66. The van der Waals surface area contributed by atoms with E-state index in [1.54, 1.807) is 0 Å². The molecule has 124 valence electrons. The Labute approximate surface area is 135 Å². The van der Waals surface area contributed by atoms with Gasteiger partial charge in [0.05, 0.1) is 18.1 Å². The van der Waals surface area contributed by atoms with Crippen LogP contribution in [0.2, 0.25) is 5.02 Å². The van der Waals surface area contributed by atoms with Crippen molar-refractivity contribution in [3.63, 3.8) is 0 Å². The Bertz CT molecular complexity index is 634. The summed E-state index contributed by atoms with van der Waals surface area (Å²) in [6.07, 6.45) is 0. The second-order valence-corrected chi connectivity index (χ2v) is 4.70. The molecule has 1 aromatic carbocycles. The predicted molar refractivity (Wildman–Crippen MR) is 79.1 cm³/mol. The minimum absolute atomic E-state index is 0.00259. The number of carbonyl (C=O) groups is 4. The number of halogens is 1. The number of carbonyl (C=O) groups excluding carboxylic acids is 3. The summed E-state index contributed by atoms with van der Waals surface area (Å²) < 4.78 is 0. The van der Waals surface area contributed by atoms with Gasteiger partial charge in [-0.15, -0.1) is 0 Å². The molecule has 0 unspecified atom stereocenters. The molecule has 0 saturated carbocycles. The molecule has 0 bridgehead atoms. The molecule has 0 aliphatic heterocycles. The van der Waals surface area contributed by atoms with Gasteiger partial charge in [0.25, 0.3) is 5.91 Å². The van der Waals surface area contributed by atoms with Crippen molar-refractivity contribution < 1.29 is 29.4 Å². The standard InChI is InChI=1S/C13H14ClN3O6/c14-8-3-7(1-2-9(8)18)13(23)17-5-11(20)15-4-10(19)16-6-12(21)22/h1-3,18H,4-6H2,(H,15,20)(H,16,19)(H,17,23)(H,21,22). The van der Waals surface area contributed by atoms with Crippen molar-refractivity contribution in [1.29, 1.82) is 0 Å². The third-order valence-corrected chi connectivity index (χ3v) is 2.81. The lowest BCUT2D eigenvalue weighted by atomic mass is 10.2. The zero-order valence-corrected chi connectivity index (χ0v) is 12.5. The third-order valence-electron chi connectivity index (χ3n) is 2.50. The van der Waals surface area contributed by atoms with Gasteiger partial charge in [-0.25, -0.2) is 0 Å². The Hall–Kier alpha value is -2.81. The molecule has 0 atom stereocenters. The summed E-state index contributed by atoms with van der Waals surface area (Å²) >= 11 is 5.66. The number of hydrogen-bond donors (Lipinski definition) is 5. The quantitative estimate of drug-likeness (QED) is 0.433. The van der Waals surface area contributed by atoms with E-state index >= 15 is 0 Å². The van der Waals surface area contributed by atoms with Gasteiger partial charge in [-0.1, -0.05) is 11.6 Å². The fourth-order valence-electron chi connectivity index (χ4n) is 1.39. The molecule has 1 aromatic rings. The van der Waals surface area contributed by atoms with Crippen molar-refractivity contribution >= 4 is 35.3 Å². The maximum Gasteiger partial charge on any atom is 0.322 e. The summed E-state index contributed by atoms with van der Waals surface area (Å²) in [5.41, 5.74) is 0.153. The molecule has 0 heterocycles. The minimum Gasteiger partial charge on any atom is -0.506 e. The zero-order valence-electron chi connectivity index (χ0n) is 11.8. The van der Waals surface area contributed by atoms with E-state index < -0.39 is 36.8 Å². The largest absolute Gasteiger partial charge is 0.506 e. The summed E-state index contributed by atoms with van der Waals surface area (Å²) in [6, 6.07) is 3.81. The van der Waals surface area contributed by atoms with Crippen molar-refractivity contribution in [3.8, 4) is 5.75 Å². The van der Waals surface area contributed by atoms with Crippen molar-refractivity contribution in [3.05, 3.63) is 28.8 Å². The number of amides is 3. The number of aromatic hydroxyl groups is 1. The molecule has 0 aliphatic rings. The van der Waals surface area contributed by atoms with Crippen LogP contribution in [-0.2, 0) is 14.4 Å². The van der Waals surface area contributed by atoms with Gasteiger partial charge in [-0.05, 0) is 18.2 Å². The maximum absolute atomic E-state index is 11.8. The maximum atomic E-state index is 11.8. The van der Waals surface area contributed by atoms with Crippen molar-refractivity contribution in [2.45, 2.75) is 0 Å². The smallest absolute Gasteiger partial charge is 0.322 e. The van der Waals surface area contributed by atoms with E-state index in [0.717, 1.165) is 0 Å². The first-order valence-corrected chi connectivity index (χ1v) is 6.69. The van der Waals surface area contributed by atoms with Crippen LogP contribution in [-0.4, -0.2) is 53.5 Å². The second-order valence-electron chi connectivity index (χ2n) is 4.30. The lowest BCUT2D eigenvalue weighted by Gasteiger charge is -2.07. The second kappa shape index (κ2) is 8.59. The van der Waals surface area contributed by atoms with Crippen molar-refractivity contribution in [2.75, 3.05) is 19.6 Å². The summed E-state index contributed by atoms with van der Waals surface area (Å²) in [7, 11) is 0. The summed E-state index contributed by atoms with van der Waals surface area (Å²) in [4.78, 5) is 44.6. The molecule has 0 aromatic heterocycles. The highest BCUT2D eigenvalue weighted by molar-refractivity contribution is 6.32. The van der Waals surface area contributed by atoms with E-state index in [0.29, 0.717) is 0 Å². The first-order valence-electron chi connectivity index (χ1n) is 6.31. The van der Waals surface area contributed by atoms with Crippen LogP contribution in [0.4, 0.5) is 0 Å². The van der Waals surface area contributed by atoms with Gasteiger partial charge in [0.1, 0.15) is 12.3 Å². The molecule has 5 N–H and O–H groups in total. The topological polar surface area (TPSA) is 145 Å². The molecule has 9 nitrogen and oxygen atoms in total. The average Bonchev–Trinajstić information content (AvgIpc) is 2.51. The van der Waals surface area contributed by atoms with E-state index in [-0.39, 0.29) is 22.9 Å². The molecule has 1 rings (SSSR count). The van der Waals surface area contributed by atoms with E-state index in [2.05, 4.69) is 16.0 Å². The van der Waals surface area contributed by atoms with Crippen molar-refractivity contribution in [1.82, 2.24) is 16.0 Å². The van der Waals surface area contributed by atoms with Crippen LogP contribution >= 0.6 is 11.6 Å². The summed E-state index contributed by atoms with van der Waals surface area (Å²) in [5, 5.41) is 24.2. The van der Waals surface area contributed by atoms with Crippen LogP contribution in [0.15, 0.2) is 18.2 Å². The van der Waals surface area contributed by atoms with Gasteiger partial charge in [0.15, 0.2) is 0 Å². The Morgan fingerprint density at radius 2 is 1.52 bits per heavy atom. The molecule has 10 heteroatoms. The molecule has 3 amide bonds. The molecule has 0 radical (unpaired) electrons. The minimum atomic E-state index is -1.20. The monoisotopic (exact) mass is 343 g/mol. The Balaban J connectivity index is 2.35. The van der Waals surface area contributed by atoms with Gasteiger partial charge < -0.3 is 26.2 Å². The summed E-state index contributed by atoms with van der Waals surface area (Å²) in [5.74, 6) is -3.26. The van der Waals surface area contributed by atoms with E-state index in [1.165, 1.54) is 18.2 Å². The molecule has 0 spiro atoms. The molecule has 23 heavy (non-hydrogen) atoms. The number of carboxylic acids is 1. The molecular weight excluding hydrogens is 330 g/mol. The van der Waals surface area contributed by atoms with Crippen LogP contribution in [0.5, 0.6) is 5.75 Å². The van der Waals surface area contributed by atoms with Gasteiger partial charge >= 0.3 is 5.97 Å². The highest BCUT2D eigenvalue weighted by Gasteiger charge is 2.11.